The van der Waals surface area contributed by atoms with E-state index in [1.165, 1.54) is 193 Å². The molecule has 0 fully saturated rings. The predicted octanol–water partition coefficient (Wildman–Crippen LogP) is 20.5. The van der Waals surface area contributed by atoms with Crippen molar-refractivity contribution in [3.05, 3.63) is 0 Å². The summed E-state index contributed by atoms with van der Waals surface area (Å²) in [4.78, 5) is 72.6. The van der Waals surface area contributed by atoms with Gasteiger partial charge < -0.3 is 33.8 Å². The number of aliphatic hydroxyl groups excluding tert-OH is 1. The van der Waals surface area contributed by atoms with Crippen molar-refractivity contribution in [3.8, 4) is 0 Å². The molecule has 19 heteroatoms. The summed E-state index contributed by atoms with van der Waals surface area (Å²) >= 11 is 0. The average Bonchev–Trinajstić information content (AvgIpc) is 3.40. The van der Waals surface area contributed by atoms with Crippen LogP contribution in [-0.4, -0.2) is 96.7 Å². The van der Waals surface area contributed by atoms with Gasteiger partial charge in [0, 0.05) is 25.7 Å². The molecule has 0 bridgehead atoms. The molecule has 0 aliphatic rings. The third-order valence-electron chi connectivity index (χ3n) is 16.5. The molecule has 5 atom stereocenters. The van der Waals surface area contributed by atoms with Gasteiger partial charge in [-0.15, -0.1) is 0 Å². The van der Waals surface area contributed by atoms with Crippen LogP contribution in [0.25, 0.3) is 0 Å². The van der Waals surface area contributed by atoms with E-state index in [0.717, 1.165) is 95.8 Å². The zero-order valence-corrected chi connectivity index (χ0v) is 60.1. The lowest BCUT2D eigenvalue weighted by Gasteiger charge is -2.21. The molecule has 0 aliphatic carbocycles. The second-order valence-corrected chi connectivity index (χ2v) is 29.0. The highest BCUT2D eigenvalue weighted by Gasteiger charge is 2.30. The topological polar surface area (TPSA) is 237 Å². The molecule has 3 N–H and O–H groups in total. The number of ether oxygens (including phenoxy) is 4. The molecule has 0 aromatic heterocycles. The molecule has 0 saturated carbocycles. The summed E-state index contributed by atoms with van der Waals surface area (Å²) in [5, 5.41) is 10.6. The van der Waals surface area contributed by atoms with Crippen LogP contribution in [0.4, 0.5) is 0 Å². The number of phosphoric acid groups is 2. The van der Waals surface area contributed by atoms with Crippen LogP contribution < -0.4 is 0 Å². The molecule has 0 amide bonds. The smallest absolute Gasteiger partial charge is 0.462 e. The summed E-state index contributed by atoms with van der Waals surface area (Å²) in [5.41, 5.74) is 0. The maximum absolute atomic E-state index is 13.0. The van der Waals surface area contributed by atoms with Crippen LogP contribution in [0.2, 0.25) is 0 Å². The van der Waals surface area contributed by atoms with Gasteiger partial charge in [0.25, 0.3) is 0 Å². The van der Waals surface area contributed by atoms with Crippen molar-refractivity contribution in [1.82, 2.24) is 0 Å². The second kappa shape index (κ2) is 64.4. The van der Waals surface area contributed by atoms with Crippen molar-refractivity contribution in [3.63, 3.8) is 0 Å². The normalized spacial score (nSPS) is 14.1. The largest absolute Gasteiger partial charge is 0.472 e. The Morgan fingerprint density at radius 2 is 0.511 bits per heavy atom. The molecule has 0 aliphatic heterocycles. The number of hydrogen-bond acceptors (Lipinski definition) is 15. The van der Waals surface area contributed by atoms with Crippen LogP contribution in [0, 0.1) is 5.92 Å². The Kier molecular flexibility index (Phi) is 63.0. The Morgan fingerprint density at radius 3 is 0.756 bits per heavy atom. The van der Waals surface area contributed by atoms with E-state index in [1.54, 1.807) is 0 Å². The van der Waals surface area contributed by atoms with Crippen molar-refractivity contribution in [2.75, 3.05) is 39.6 Å². The van der Waals surface area contributed by atoms with E-state index in [1.807, 2.05) is 0 Å². The first kappa shape index (κ1) is 88.1. The SMILES string of the molecule is CCCCCCCCCCCCCCCCCC(=O)O[C@H](COC(=O)CCCCCCCCCCCCCCCC)COP(=O)(O)OC[C@@H](O)COP(=O)(O)OC[C@@H](COC(=O)CCCCCCCCCCCC)OC(=O)CCCCCCCCCCC(C)C. The van der Waals surface area contributed by atoms with E-state index in [-0.39, 0.29) is 25.7 Å². The molecule has 0 spiro atoms. The number of hydrogen-bond donors (Lipinski definition) is 3. The number of unbranched alkanes of at least 4 members (excludes halogenated alkanes) is 43. The molecule has 0 saturated heterocycles. The van der Waals surface area contributed by atoms with Gasteiger partial charge in [-0.3, -0.25) is 37.3 Å². The maximum Gasteiger partial charge on any atom is 0.472 e. The van der Waals surface area contributed by atoms with Gasteiger partial charge in [-0.05, 0) is 31.6 Å². The van der Waals surface area contributed by atoms with Gasteiger partial charge in [0.15, 0.2) is 12.2 Å². The number of carbonyl (C=O) groups excluding carboxylic acids is 4. The van der Waals surface area contributed by atoms with E-state index in [4.69, 9.17) is 37.0 Å². The van der Waals surface area contributed by atoms with Gasteiger partial charge in [0.1, 0.15) is 19.3 Å². The van der Waals surface area contributed by atoms with Crippen LogP contribution in [0.15, 0.2) is 0 Å². The second-order valence-electron chi connectivity index (χ2n) is 26.1. The zero-order chi connectivity index (χ0) is 66.3. The molecule has 0 aromatic rings. The summed E-state index contributed by atoms with van der Waals surface area (Å²) in [6.07, 6.45) is 51.2. The minimum absolute atomic E-state index is 0.105. The Hall–Kier alpha value is -1.94. The van der Waals surface area contributed by atoms with Gasteiger partial charge in [-0.25, -0.2) is 9.13 Å². The first-order valence-corrected chi connectivity index (χ1v) is 40.1. The minimum atomic E-state index is -4.95. The van der Waals surface area contributed by atoms with Crippen LogP contribution in [-0.2, 0) is 65.4 Å². The van der Waals surface area contributed by atoms with E-state index >= 15 is 0 Å². The lowest BCUT2D eigenvalue weighted by Crippen LogP contribution is -2.30. The van der Waals surface area contributed by atoms with Crippen LogP contribution in [0.1, 0.15) is 369 Å². The number of rotatable bonds is 71. The van der Waals surface area contributed by atoms with E-state index < -0.39 is 97.5 Å². The minimum Gasteiger partial charge on any atom is -0.462 e. The lowest BCUT2D eigenvalue weighted by atomic mass is 10.0. The Balaban J connectivity index is 5.24. The summed E-state index contributed by atoms with van der Waals surface area (Å²) in [6, 6.07) is 0. The zero-order valence-electron chi connectivity index (χ0n) is 58.3. The highest BCUT2D eigenvalue weighted by atomic mass is 31.2. The van der Waals surface area contributed by atoms with Crippen molar-refractivity contribution < 1.29 is 80.2 Å². The molecule has 0 rings (SSSR count). The Bertz CT molecular complexity index is 1740. The number of aliphatic hydroxyl groups is 1. The van der Waals surface area contributed by atoms with Crippen LogP contribution >= 0.6 is 15.6 Å². The fraction of sp³-hybridized carbons (Fsp3) is 0.944. The molecule has 2 unspecified atom stereocenters. The number of carbonyl (C=O) groups is 4. The molecule has 534 valence electrons. The Morgan fingerprint density at radius 1 is 0.300 bits per heavy atom. The van der Waals surface area contributed by atoms with Crippen molar-refractivity contribution in [2.45, 2.75) is 387 Å². The molecule has 17 nitrogen and oxygen atoms in total. The summed E-state index contributed by atoms with van der Waals surface area (Å²) in [7, 11) is -9.90. The maximum atomic E-state index is 13.0. The van der Waals surface area contributed by atoms with Gasteiger partial charge in [0.05, 0.1) is 26.4 Å². The highest BCUT2D eigenvalue weighted by molar-refractivity contribution is 7.47. The molecular weight excluding hydrogens is 1190 g/mol. The van der Waals surface area contributed by atoms with Crippen molar-refractivity contribution >= 4 is 39.5 Å². The monoisotopic (exact) mass is 1320 g/mol. The van der Waals surface area contributed by atoms with E-state index in [0.29, 0.717) is 25.7 Å². The summed E-state index contributed by atoms with van der Waals surface area (Å²) in [5.74, 6) is -1.40. The summed E-state index contributed by atoms with van der Waals surface area (Å²) < 4.78 is 68.3. The first-order valence-electron chi connectivity index (χ1n) is 37.1. The fourth-order valence-electron chi connectivity index (χ4n) is 10.8. The molecule has 0 heterocycles. The molecular formula is C71H138O17P2. The third kappa shape index (κ3) is 64.8. The van der Waals surface area contributed by atoms with Crippen molar-refractivity contribution in [2.24, 2.45) is 5.92 Å². The quantitative estimate of drug-likeness (QED) is 0.0222. The van der Waals surface area contributed by atoms with Gasteiger partial charge in [0.2, 0.25) is 0 Å². The standard InChI is InChI=1S/C71H138O17P2/c1-6-9-12-15-18-21-24-26-28-30-32-35-41-46-51-56-70(75)87-66(60-82-69(74)55-50-45-40-34-31-29-27-25-22-19-16-13-10-7-2)62-85-89(77,78)83-58-65(72)59-84-90(79,80)86-63-67(61-81-68(73)54-49-44-39-33-23-20-17-14-11-8-3)88-71(76)57-52-47-42-37-36-38-43-48-53-64(4)5/h64-67,72H,6-63H2,1-5H3,(H,77,78)(H,79,80)/t65-,66-,67-/m1/s1. The number of esters is 4. The van der Waals surface area contributed by atoms with E-state index in [2.05, 4.69) is 34.6 Å². The van der Waals surface area contributed by atoms with Gasteiger partial charge in [-0.2, -0.15) is 0 Å². The lowest BCUT2D eigenvalue weighted by molar-refractivity contribution is -0.161. The van der Waals surface area contributed by atoms with E-state index in [9.17, 15) is 43.2 Å². The molecule has 90 heavy (non-hydrogen) atoms. The first-order chi connectivity index (χ1) is 43.5. The van der Waals surface area contributed by atoms with Crippen LogP contribution in [0.3, 0.4) is 0 Å². The van der Waals surface area contributed by atoms with Crippen molar-refractivity contribution in [1.29, 1.82) is 0 Å². The molecule has 0 radical (unpaired) electrons. The predicted molar refractivity (Wildman–Crippen MR) is 363 cm³/mol. The van der Waals surface area contributed by atoms with Gasteiger partial charge in [-0.1, -0.05) is 317 Å². The number of phosphoric ester groups is 2. The third-order valence-corrected chi connectivity index (χ3v) is 18.4. The fourth-order valence-corrected chi connectivity index (χ4v) is 12.4. The molecule has 0 aromatic carbocycles. The highest BCUT2D eigenvalue weighted by Crippen LogP contribution is 2.45. The van der Waals surface area contributed by atoms with Crippen LogP contribution in [0.5, 0.6) is 0 Å². The Labute approximate surface area is 549 Å². The summed E-state index contributed by atoms with van der Waals surface area (Å²) in [6.45, 7) is 7.21. The average molecular weight is 1330 g/mol. The van der Waals surface area contributed by atoms with Gasteiger partial charge >= 0.3 is 39.5 Å².